The third-order valence-corrected chi connectivity index (χ3v) is 3.77. The fraction of sp³-hybridized carbons (Fsp3) is 0.143. The van der Waals surface area contributed by atoms with Gasteiger partial charge in [-0.05, 0) is 36.2 Å². The monoisotopic (exact) mass is 305 g/mol. The summed E-state index contributed by atoms with van der Waals surface area (Å²) in [6.07, 6.45) is 3.16. The van der Waals surface area contributed by atoms with Crippen molar-refractivity contribution in [1.29, 1.82) is 0 Å². The van der Waals surface area contributed by atoms with E-state index in [0.29, 0.717) is 5.56 Å². The van der Waals surface area contributed by atoms with Crippen LogP contribution in [0.1, 0.15) is 21.5 Å². The Balaban J connectivity index is 2.02. The van der Waals surface area contributed by atoms with Crippen molar-refractivity contribution in [3.63, 3.8) is 0 Å². The zero-order valence-electron chi connectivity index (χ0n) is 11.4. The normalized spacial score (nSPS) is 11.1. The van der Waals surface area contributed by atoms with Crippen molar-refractivity contribution in [2.24, 2.45) is 5.14 Å². The first-order chi connectivity index (χ1) is 9.86. The molecule has 0 aliphatic rings. The number of sulfonamides is 1. The number of aryl methyl sites for hydroxylation is 1. The Morgan fingerprint density at radius 2 is 1.90 bits per heavy atom. The molecule has 1 heterocycles. The van der Waals surface area contributed by atoms with Gasteiger partial charge in [0.05, 0.1) is 10.5 Å². The number of hydrogen-bond acceptors (Lipinski definition) is 4. The van der Waals surface area contributed by atoms with Crippen LogP contribution in [0.15, 0.2) is 47.6 Å². The molecular formula is C14H15N3O3S. The van der Waals surface area contributed by atoms with E-state index in [0.717, 1.165) is 11.1 Å². The van der Waals surface area contributed by atoms with Crippen LogP contribution in [-0.2, 0) is 16.6 Å². The van der Waals surface area contributed by atoms with E-state index in [9.17, 15) is 13.2 Å². The average molecular weight is 305 g/mol. The van der Waals surface area contributed by atoms with Gasteiger partial charge in [-0.25, -0.2) is 13.6 Å². The number of amides is 1. The molecule has 1 amide bonds. The van der Waals surface area contributed by atoms with Crippen LogP contribution in [0.4, 0.5) is 0 Å². The number of pyridine rings is 1. The van der Waals surface area contributed by atoms with Crippen LogP contribution in [0.3, 0.4) is 0 Å². The van der Waals surface area contributed by atoms with Gasteiger partial charge in [0.15, 0.2) is 0 Å². The first kappa shape index (κ1) is 15.1. The van der Waals surface area contributed by atoms with Crippen molar-refractivity contribution in [3.05, 3.63) is 59.4 Å². The molecule has 0 radical (unpaired) electrons. The molecule has 0 aliphatic heterocycles. The first-order valence-electron chi connectivity index (χ1n) is 6.18. The maximum atomic E-state index is 11.9. The Morgan fingerprint density at radius 3 is 2.48 bits per heavy atom. The molecule has 0 fully saturated rings. The molecule has 6 nitrogen and oxygen atoms in total. The second kappa shape index (κ2) is 6.02. The van der Waals surface area contributed by atoms with E-state index in [4.69, 9.17) is 5.14 Å². The molecule has 0 unspecified atom stereocenters. The van der Waals surface area contributed by atoms with E-state index < -0.39 is 10.0 Å². The minimum absolute atomic E-state index is 0.0421. The van der Waals surface area contributed by atoms with Crippen molar-refractivity contribution < 1.29 is 13.2 Å². The molecule has 1 aromatic heterocycles. The molecule has 0 saturated carbocycles. The van der Waals surface area contributed by atoms with Crippen molar-refractivity contribution in [2.45, 2.75) is 18.4 Å². The zero-order chi connectivity index (χ0) is 15.5. The maximum absolute atomic E-state index is 11.9. The van der Waals surface area contributed by atoms with E-state index in [1.807, 2.05) is 6.92 Å². The van der Waals surface area contributed by atoms with Gasteiger partial charge in [-0.3, -0.25) is 9.78 Å². The Morgan fingerprint density at radius 1 is 1.24 bits per heavy atom. The molecule has 3 N–H and O–H groups in total. The number of hydrogen-bond donors (Lipinski definition) is 2. The zero-order valence-corrected chi connectivity index (χ0v) is 12.2. The number of aromatic nitrogens is 1. The summed E-state index contributed by atoms with van der Waals surface area (Å²) in [4.78, 5) is 15.9. The van der Waals surface area contributed by atoms with Crippen LogP contribution in [-0.4, -0.2) is 19.3 Å². The van der Waals surface area contributed by atoms with E-state index in [1.165, 1.54) is 18.3 Å². The SMILES string of the molecule is Cc1cncc(C(=O)NCc2ccc(S(N)(=O)=O)cc2)c1. The number of primary sulfonamides is 1. The summed E-state index contributed by atoms with van der Waals surface area (Å²) in [5.74, 6) is -0.235. The van der Waals surface area contributed by atoms with Gasteiger partial charge in [-0.15, -0.1) is 0 Å². The predicted molar refractivity (Wildman–Crippen MR) is 78.0 cm³/mol. The molecular weight excluding hydrogens is 290 g/mol. The predicted octanol–water partition coefficient (Wildman–Crippen LogP) is 0.967. The molecule has 2 rings (SSSR count). The quantitative estimate of drug-likeness (QED) is 0.878. The van der Waals surface area contributed by atoms with Crippen LogP contribution in [0.5, 0.6) is 0 Å². The molecule has 0 spiro atoms. The lowest BCUT2D eigenvalue weighted by molar-refractivity contribution is 0.0950. The average Bonchev–Trinajstić information content (AvgIpc) is 2.44. The second-order valence-corrected chi connectivity index (χ2v) is 6.18. The number of carbonyl (C=O) groups is 1. The Hall–Kier alpha value is -2.25. The topological polar surface area (TPSA) is 102 Å². The van der Waals surface area contributed by atoms with Crippen molar-refractivity contribution in [3.8, 4) is 0 Å². The number of nitrogens with one attached hydrogen (secondary N) is 1. The standard InChI is InChI=1S/C14H15N3O3S/c1-10-6-12(9-16-7-10)14(18)17-8-11-2-4-13(5-3-11)21(15,19)20/h2-7,9H,8H2,1H3,(H,17,18)(H2,15,19,20). The van der Waals surface area contributed by atoms with Crippen LogP contribution in [0, 0.1) is 6.92 Å². The van der Waals surface area contributed by atoms with Gasteiger partial charge in [0.25, 0.3) is 5.91 Å². The van der Waals surface area contributed by atoms with Crippen molar-refractivity contribution in [1.82, 2.24) is 10.3 Å². The molecule has 0 bridgehead atoms. The van der Waals surface area contributed by atoms with Gasteiger partial charge in [0, 0.05) is 18.9 Å². The number of nitrogens with two attached hydrogens (primary N) is 1. The van der Waals surface area contributed by atoms with E-state index in [2.05, 4.69) is 10.3 Å². The van der Waals surface area contributed by atoms with Crippen LogP contribution in [0.25, 0.3) is 0 Å². The fourth-order valence-corrected chi connectivity index (χ4v) is 2.28. The summed E-state index contributed by atoms with van der Waals surface area (Å²) in [5, 5.41) is 7.76. The summed E-state index contributed by atoms with van der Waals surface area (Å²) >= 11 is 0. The van der Waals surface area contributed by atoms with E-state index >= 15 is 0 Å². The van der Waals surface area contributed by atoms with E-state index in [1.54, 1.807) is 24.4 Å². The van der Waals surface area contributed by atoms with Crippen molar-refractivity contribution >= 4 is 15.9 Å². The highest BCUT2D eigenvalue weighted by atomic mass is 32.2. The summed E-state index contributed by atoms with van der Waals surface area (Å²) in [5.41, 5.74) is 2.16. The van der Waals surface area contributed by atoms with Gasteiger partial charge in [0.1, 0.15) is 0 Å². The minimum Gasteiger partial charge on any atom is -0.348 e. The van der Waals surface area contributed by atoms with Crippen LogP contribution >= 0.6 is 0 Å². The van der Waals surface area contributed by atoms with Gasteiger partial charge in [0.2, 0.25) is 10.0 Å². The molecule has 21 heavy (non-hydrogen) atoms. The molecule has 0 saturated heterocycles. The molecule has 2 aromatic rings. The lowest BCUT2D eigenvalue weighted by Crippen LogP contribution is -2.23. The smallest absolute Gasteiger partial charge is 0.253 e. The second-order valence-electron chi connectivity index (χ2n) is 4.62. The van der Waals surface area contributed by atoms with Gasteiger partial charge < -0.3 is 5.32 Å². The molecule has 1 aromatic carbocycles. The maximum Gasteiger partial charge on any atom is 0.253 e. The lowest BCUT2D eigenvalue weighted by atomic mass is 10.2. The third-order valence-electron chi connectivity index (χ3n) is 2.84. The summed E-state index contributed by atoms with van der Waals surface area (Å²) in [7, 11) is -3.69. The molecule has 110 valence electrons. The highest BCUT2D eigenvalue weighted by molar-refractivity contribution is 7.89. The Bertz CT molecular complexity index is 755. The van der Waals surface area contributed by atoms with Crippen LogP contribution < -0.4 is 10.5 Å². The largest absolute Gasteiger partial charge is 0.348 e. The lowest BCUT2D eigenvalue weighted by Gasteiger charge is -2.06. The summed E-state index contributed by atoms with van der Waals surface area (Å²) < 4.78 is 22.3. The van der Waals surface area contributed by atoms with E-state index in [-0.39, 0.29) is 17.3 Å². The molecule has 7 heteroatoms. The fourth-order valence-electron chi connectivity index (χ4n) is 1.76. The highest BCUT2D eigenvalue weighted by Crippen LogP contribution is 2.09. The summed E-state index contributed by atoms with van der Waals surface area (Å²) in [6.45, 7) is 2.15. The Labute approximate surface area is 123 Å². The Kier molecular flexibility index (Phi) is 4.35. The first-order valence-corrected chi connectivity index (χ1v) is 7.72. The van der Waals surface area contributed by atoms with Gasteiger partial charge in [-0.1, -0.05) is 12.1 Å². The number of benzene rings is 1. The number of nitrogens with zero attached hydrogens (tertiary/aromatic N) is 1. The molecule has 0 atom stereocenters. The van der Waals surface area contributed by atoms with Gasteiger partial charge in [-0.2, -0.15) is 0 Å². The molecule has 0 aliphatic carbocycles. The number of rotatable bonds is 4. The number of carbonyl (C=O) groups excluding carboxylic acids is 1. The van der Waals surface area contributed by atoms with Crippen molar-refractivity contribution in [2.75, 3.05) is 0 Å². The minimum atomic E-state index is -3.69. The van der Waals surface area contributed by atoms with Gasteiger partial charge >= 0.3 is 0 Å². The van der Waals surface area contributed by atoms with Crippen LogP contribution in [0.2, 0.25) is 0 Å². The third kappa shape index (κ3) is 4.11. The summed E-state index contributed by atoms with van der Waals surface area (Å²) in [6, 6.07) is 7.77. The highest BCUT2D eigenvalue weighted by Gasteiger charge is 2.08.